The van der Waals surface area contributed by atoms with Crippen LogP contribution in [0.3, 0.4) is 0 Å². The van der Waals surface area contributed by atoms with E-state index in [9.17, 15) is 4.79 Å². The monoisotopic (exact) mass is 394 g/mol. The number of hydrogen-bond donors (Lipinski definition) is 2. The van der Waals surface area contributed by atoms with Crippen LogP contribution >= 0.6 is 11.8 Å². The normalized spacial score (nSPS) is 12.0. The number of anilines is 1. The zero-order valence-corrected chi connectivity index (χ0v) is 15.9. The maximum absolute atomic E-state index is 12.7. The molecule has 1 atom stereocenters. The molecule has 0 spiro atoms. The van der Waals surface area contributed by atoms with Crippen molar-refractivity contribution in [3.63, 3.8) is 0 Å². The Labute approximate surface area is 165 Å². The molecule has 0 aliphatic rings. The number of imidazole rings is 1. The molecule has 4 aromatic rings. The molecule has 0 saturated heterocycles. The number of nitrogens with one attached hydrogen (secondary N) is 2. The molecule has 0 aliphatic heterocycles. The van der Waals surface area contributed by atoms with Crippen molar-refractivity contribution in [3.8, 4) is 22.9 Å². The highest BCUT2D eigenvalue weighted by molar-refractivity contribution is 8.00. The van der Waals surface area contributed by atoms with E-state index < -0.39 is 0 Å². The van der Waals surface area contributed by atoms with Crippen LogP contribution < -0.4 is 5.32 Å². The standard InChI is InChI=1S/C20H18N4O3S/c1-2-16(19(25)22-13-7-9-21-10-8-13)28-20-23-17(14-5-3-11-26-14)18(24-20)15-6-4-12-27-15/h3-12,16H,2H2,1H3,(H,23,24)(H,21,22,25). The summed E-state index contributed by atoms with van der Waals surface area (Å²) in [5.74, 6) is 1.19. The molecule has 8 heteroatoms. The molecule has 28 heavy (non-hydrogen) atoms. The fourth-order valence-corrected chi connectivity index (χ4v) is 3.62. The second-order valence-electron chi connectivity index (χ2n) is 5.96. The first-order valence-corrected chi connectivity index (χ1v) is 9.68. The number of amides is 1. The first-order chi connectivity index (χ1) is 13.7. The molecule has 1 amide bonds. The predicted octanol–water partition coefficient (Wildman–Crippen LogP) is 4.83. The van der Waals surface area contributed by atoms with Gasteiger partial charge in [0.2, 0.25) is 5.91 Å². The fraction of sp³-hybridized carbons (Fsp3) is 0.150. The molecule has 1 unspecified atom stereocenters. The molecule has 0 bridgehead atoms. The molecule has 142 valence electrons. The molecule has 0 saturated carbocycles. The van der Waals surface area contributed by atoms with Crippen molar-refractivity contribution in [2.75, 3.05) is 5.32 Å². The van der Waals surface area contributed by atoms with Crippen LogP contribution in [0.5, 0.6) is 0 Å². The molecule has 4 heterocycles. The van der Waals surface area contributed by atoms with E-state index in [4.69, 9.17) is 8.83 Å². The van der Waals surface area contributed by atoms with Gasteiger partial charge in [-0.15, -0.1) is 0 Å². The van der Waals surface area contributed by atoms with E-state index in [-0.39, 0.29) is 11.2 Å². The number of carbonyl (C=O) groups excluding carboxylic acids is 1. The Morgan fingerprint density at radius 3 is 2.50 bits per heavy atom. The topological polar surface area (TPSA) is 97.0 Å². The molecule has 0 aliphatic carbocycles. The van der Waals surface area contributed by atoms with E-state index in [0.717, 1.165) is 0 Å². The van der Waals surface area contributed by atoms with E-state index in [0.29, 0.717) is 40.2 Å². The largest absolute Gasteiger partial charge is 0.463 e. The van der Waals surface area contributed by atoms with E-state index >= 15 is 0 Å². The minimum atomic E-state index is -0.312. The maximum Gasteiger partial charge on any atom is 0.237 e. The third-order valence-corrected chi connectivity index (χ3v) is 5.32. The van der Waals surface area contributed by atoms with Gasteiger partial charge in [0.25, 0.3) is 0 Å². The molecule has 7 nitrogen and oxygen atoms in total. The number of furan rings is 2. The zero-order valence-electron chi connectivity index (χ0n) is 15.1. The Morgan fingerprint density at radius 2 is 1.86 bits per heavy atom. The number of H-pyrrole nitrogens is 1. The van der Waals surface area contributed by atoms with Crippen molar-refractivity contribution >= 4 is 23.4 Å². The molecule has 0 radical (unpaired) electrons. The van der Waals surface area contributed by atoms with Crippen LogP contribution in [0, 0.1) is 0 Å². The summed E-state index contributed by atoms with van der Waals surface area (Å²) in [4.78, 5) is 24.5. The highest BCUT2D eigenvalue weighted by Gasteiger charge is 2.23. The van der Waals surface area contributed by atoms with Crippen LogP contribution in [-0.4, -0.2) is 26.1 Å². The number of nitrogens with zero attached hydrogens (tertiary/aromatic N) is 2. The minimum absolute atomic E-state index is 0.0887. The van der Waals surface area contributed by atoms with Gasteiger partial charge in [0.05, 0.1) is 17.8 Å². The van der Waals surface area contributed by atoms with Crippen molar-refractivity contribution in [2.24, 2.45) is 0 Å². The van der Waals surface area contributed by atoms with Gasteiger partial charge in [-0.25, -0.2) is 4.98 Å². The van der Waals surface area contributed by atoms with E-state index in [1.165, 1.54) is 11.8 Å². The maximum atomic E-state index is 12.7. The number of carbonyl (C=O) groups is 1. The van der Waals surface area contributed by atoms with Gasteiger partial charge in [0.1, 0.15) is 11.4 Å². The number of aromatic nitrogens is 3. The SMILES string of the molecule is CCC(Sc1nc(-c2ccco2)c(-c2ccco2)[nH]1)C(=O)Nc1ccncc1. The predicted molar refractivity (Wildman–Crippen MR) is 107 cm³/mol. The van der Waals surface area contributed by atoms with Gasteiger partial charge in [-0.2, -0.15) is 0 Å². The average molecular weight is 394 g/mol. The van der Waals surface area contributed by atoms with Crippen LogP contribution in [0.2, 0.25) is 0 Å². The van der Waals surface area contributed by atoms with Crippen molar-refractivity contribution in [2.45, 2.75) is 23.8 Å². The van der Waals surface area contributed by atoms with Gasteiger partial charge < -0.3 is 19.1 Å². The van der Waals surface area contributed by atoms with Gasteiger partial charge >= 0.3 is 0 Å². The Bertz CT molecular complexity index is 975. The lowest BCUT2D eigenvalue weighted by Gasteiger charge is -2.13. The highest BCUT2D eigenvalue weighted by atomic mass is 32.2. The van der Waals surface area contributed by atoms with Crippen LogP contribution in [0.1, 0.15) is 13.3 Å². The molecule has 2 N–H and O–H groups in total. The molecule has 4 rings (SSSR count). The molecular formula is C20H18N4O3S. The summed E-state index contributed by atoms with van der Waals surface area (Å²) < 4.78 is 11.0. The molecular weight excluding hydrogens is 376 g/mol. The summed E-state index contributed by atoms with van der Waals surface area (Å²) in [7, 11) is 0. The molecule has 4 aromatic heterocycles. The number of rotatable bonds is 7. The number of hydrogen-bond acceptors (Lipinski definition) is 6. The van der Waals surface area contributed by atoms with Gasteiger partial charge in [0, 0.05) is 18.1 Å². The number of thioether (sulfide) groups is 1. The second kappa shape index (κ2) is 8.18. The van der Waals surface area contributed by atoms with E-state index in [2.05, 4.69) is 20.3 Å². The number of aromatic amines is 1. The third kappa shape index (κ3) is 3.86. The third-order valence-electron chi connectivity index (χ3n) is 4.07. The van der Waals surface area contributed by atoms with Crippen molar-refractivity contribution in [3.05, 3.63) is 61.3 Å². The highest BCUT2D eigenvalue weighted by Crippen LogP contribution is 2.35. The molecule has 0 aromatic carbocycles. The van der Waals surface area contributed by atoms with Gasteiger partial charge in [-0.3, -0.25) is 9.78 Å². The van der Waals surface area contributed by atoms with Crippen LogP contribution in [0.4, 0.5) is 5.69 Å². The Balaban J connectivity index is 1.58. The Kier molecular flexibility index (Phi) is 5.29. The van der Waals surface area contributed by atoms with Crippen LogP contribution in [-0.2, 0) is 4.79 Å². The van der Waals surface area contributed by atoms with E-state index in [1.54, 1.807) is 43.1 Å². The van der Waals surface area contributed by atoms with Crippen LogP contribution in [0.15, 0.2) is 75.3 Å². The molecule has 0 fully saturated rings. The quantitative estimate of drug-likeness (QED) is 0.436. The van der Waals surface area contributed by atoms with Crippen molar-refractivity contribution in [1.29, 1.82) is 0 Å². The summed E-state index contributed by atoms with van der Waals surface area (Å²) in [6.45, 7) is 1.97. The van der Waals surface area contributed by atoms with Crippen molar-refractivity contribution in [1.82, 2.24) is 15.0 Å². The van der Waals surface area contributed by atoms with Gasteiger partial charge in [-0.1, -0.05) is 18.7 Å². The summed E-state index contributed by atoms with van der Waals surface area (Å²) in [6, 6.07) is 10.8. The average Bonchev–Trinajstić information content (AvgIpc) is 3.47. The summed E-state index contributed by atoms with van der Waals surface area (Å²) in [5, 5.41) is 3.22. The fourth-order valence-electron chi connectivity index (χ4n) is 2.71. The second-order valence-corrected chi connectivity index (χ2v) is 7.15. The first-order valence-electron chi connectivity index (χ1n) is 8.80. The summed E-state index contributed by atoms with van der Waals surface area (Å²) in [6.07, 6.45) is 7.13. The minimum Gasteiger partial charge on any atom is -0.463 e. The Morgan fingerprint density at radius 1 is 1.14 bits per heavy atom. The lowest BCUT2D eigenvalue weighted by molar-refractivity contribution is -0.115. The summed E-state index contributed by atoms with van der Waals surface area (Å²) >= 11 is 1.37. The first kappa shape index (κ1) is 18.1. The van der Waals surface area contributed by atoms with Gasteiger partial charge in [-0.05, 0) is 42.8 Å². The Hall–Kier alpha value is -3.26. The number of pyridine rings is 1. The smallest absolute Gasteiger partial charge is 0.237 e. The lowest BCUT2D eigenvalue weighted by atomic mass is 10.2. The van der Waals surface area contributed by atoms with Gasteiger partial charge in [0.15, 0.2) is 16.7 Å². The van der Waals surface area contributed by atoms with Crippen LogP contribution in [0.25, 0.3) is 22.9 Å². The summed E-state index contributed by atoms with van der Waals surface area (Å²) in [5.41, 5.74) is 2.07. The lowest BCUT2D eigenvalue weighted by Crippen LogP contribution is -2.24. The zero-order chi connectivity index (χ0) is 19.3. The van der Waals surface area contributed by atoms with Crippen molar-refractivity contribution < 1.29 is 13.6 Å². The van der Waals surface area contributed by atoms with E-state index in [1.807, 2.05) is 25.1 Å².